The molecule has 2 amide bonds. The van der Waals surface area contributed by atoms with Gasteiger partial charge in [-0.05, 0) is 62.4 Å². The van der Waals surface area contributed by atoms with Crippen LogP contribution < -0.4 is 10.6 Å². The van der Waals surface area contributed by atoms with Gasteiger partial charge in [-0.2, -0.15) is 5.10 Å². The van der Waals surface area contributed by atoms with Gasteiger partial charge in [-0.1, -0.05) is 30.3 Å². The fourth-order valence-corrected chi connectivity index (χ4v) is 4.93. The summed E-state index contributed by atoms with van der Waals surface area (Å²) in [5.74, 6) is 0.493. The number of anilines is 2. The second-order valence-corrected chi connectivity index (χ2v) is 10.3. The van der Waals surface area contributed by atoms with Crippen LogP contribution in [0.5, 0.6) is 0 Å². The summed E-state index contributed by atoms with van der Waals surface area (Å²) in [7, 11) is 1.39. The van der Waals surface area contributed by atoms with Crippen LogP contribution in [0.1, 0.15) is 55.7 Å². The van der Waals surface area contributed by atoms with Crippen molar-refractivity contribution in [1.82, 2.24) is 20.1 Å². The van der Waals surface area contributed by atoms with E-state index in [1.807, 2.05) is 48.2 Å². The first-order chi connectivity index (χ1) is 19.4. The van der Waals surface area contributed by atoms with Gasteiger partial charge in [-0.25, -0.2) is 4.98 Å². The van der Waals surface area contributed by atoms with E-state index in [9.17, 15) is 14.4 Å². The van der Waals surface area contributed by atoms with E-state index in [0.29, 0.717) is 24.1 Å². The number of ether oxygens (including phenoxy) is 1. The average Bonchev–Trinajstić information content (AvgIpc) is 3.54. The second-order valence-electron chi connectivity index (χ2n) is 10.3. The van der Waals surface area contributed by atoms with E-state index in [1.54, 1.807) is 18.3 Å². The molecule has 208 valence electrons. The first kappa shape index (κ1) is 27.3. The van der Waals surface area contributed by atoms with E-state index in [0.717, 1.165) is 54.6 Å². The number of nitrogens with zero attached hydrogens (tertiary/aromatic N) is 3. The summed E-state index contributed by atoms with van der Waals surface area (Å²) >= 11 is 0. The number of aromatic amines is 1. The first-order valence-corrected chi connectivity index (χ1v) is 13.6. The Kier molecular flexibility index (Phi) is 8.35. The monoisotopic (exact) mass is 542 g/mol. The van der Waals surface area contributed by atoms with Crippen molar-refractivity contribution >= 4 is 29.4 Å². The molecule has 2 aliphatic rings. The summed E-state index contributed by atoms with van der Waals surface area (Å²) in [6.07, 6.45) is 8.91. The maximum absolute atomic E-state index is 12.9. The molecular weight excluding hydrogens is 508 g/mol. The number of rotatable bonds is 10. The Labute approximate surface area is 233 Å². The molecular formula is C30H34N6O4. The van der Waals surface area contributed by atoms with Crippen molar-refractivity contribution in [3.63, 3.8) is 0 Å². The molecule has 1 saturated heterocycles. The van der Waals surface area contributed by atoms with Gasteiger partial charge >= 0.3 is 5.97 Å². The van der Waals surface area contributed by atoms with Gasteiger partial charge in [0.2, 0.25) is 11.8 Å². The van der Waals surface area contributed by atoms with Gasteiger partial charge in [0.05, 0.1) is 13.0 Å². The number of H-pyrrole nitrogens is 1. The normalized spacial score (nSPS) is 18.0. The van der Waals surface area contributed by atoms with Crippen LogP contribution in [0, 0.1) is 0 Å². The van der Waals surface area contributed by atoms with Crippen molar-refractivity contribution in [3.05, 3.63) is 72.1 Å². The van der Waals surface area contributed by atoms with Gasteiger partial charge in [0, 0.05) is 42.1 Å². The van der Waals surface area contributed by atoms with E-state index in [2.05, 4.69) is 25.8 Å². The molecule has 0 bridgehead atoms. The highest BCUT2D eigenvalue weighted by molar-refractivity contribution is 5.98. The van der Waals surface area contributed by atoms with Gasteiger partial charge in [0.25, 0.3) is 0 Å². The molecule has 1 aromatic carbocycles. The molecule has 3 aromatic rings. The van der Waals surface area contributed by atoms with Crippen LogP contribution in [0.4, 0.5) is 11.6 Å². The van der Waals surface area contributed by atoms with Crippen LogP contribution >= 0.6 is 0 Å². The number of carbonyl (C=O) groups excluding carboxylic acids is 3. The smallest absolute Gasteiger partial charge is 0.323 e. The minimum Gasteiger partial charge on any atom is -0.468 e. The van der Waals surface area contributed by atoms with Crippen molar-refractivity contribution in [2.24, 2.45) is 0 Å². The van der Waals surface area contributed by atoms with Crippen molar-refractivity contribution in [2.75, 3.05) is 30.8 Å². The number of esters is 1. The van der Waals surface area contributed by atoms with Gasteiger partial charge in [0.1, 0.15) is 11.9 Å². The van der Waals surface area contributed by atoms with E-state index in [-0.39, 0.29) is 29.7 Å². The molecule has 10 heteroatoms. The third-order valence-electron chi connectivity index (χ3n) is 7.44. The van der Waals surface area contributed by atoms with Crippen molar-refractivity contribution in [3.8, 4) is 11.1 Å². The average molecular weight is 543 g/mol. The predicted octanol–water partition coefficient (Wildman–Crippen LogP) is 4.22. The van der Waals surface area contributed by atoms with E-state index in [1.165, 1.54) is 13.2 Å². The minimum absolute atomic E-state index is 0.124. The summed E-state index contributed by atoms with van der Waals surface area (Å²) in [6.45, 7) is 3.16. The molecule has 40 heavy (non-hydrogen) atoms. The van der Waals surface area contributed by atoms with Crippen molar-refractivity contribution < 1.29 is 19.1 Å². The topological polar surface area (TPSA) is 129 Å². The highest BCUT2D eigenvalue weighted by Crippen LogP contribution is 2.39. The van der Waals surface area contributed by atoms with Crippen LogP contribution in [0.2, 0.25) is 0 Å². The van der Waals surface area contributed by atoms with E-state index in [4.69, 9.17) is 4.74 Å². The third kappa shape index (κ3) is 6.63. The number of hydrogen-bond donors (Lipinski definition) is 3. The lowest BCUT2D eigenvalue weighted by Gasteiger charge is -2.20. The van der Waals surface area contributed by atoms with Crippen LogP contribution in [-0.2, 0) is 19.1 Å². The zero-order chi connectivity index (χ0) is 28.1. The Hall–Kier alpha value is -4.31. The van der Waals surface area contributed by atoms with Crippen molar-refractivity contribution in [2.45, 2.75) is 50.5 Å². The summed E-state index contributed by atoms with van der Waals surface area (Å²) in [6, 6.07) is 13.1. The Morgan fingerprint density at radius 1 is 1.10 bits per heavy atom. The summed E-state index contributed by atoms with van der Waals surface area (Å²) in [5.41, 5.74) is 3.74. The number of hydrogen-bond acceptors (Lipinski definition) is 7. The third-order valence-corrected chi connectivity index (χ3v) is 7.44. The molecule has 3 heterocycles. The standard InChI is InChI=1S/C30H34N6O4/c1-19(29(38)33-27-17-24(34-35-27)20-10-11-20)21-6-3-7-22(16-21)23-12-13-26(31-18-23)32-28(37)9-5-15-36-14-4-8-25(36)30(39)40-2/h3,5-7,9,12-13,16-20,25H,4,8,10-11,14-15H2,1-2H3,(H,31,32,37)(H2,33,34,35,38)/b9-5+/t19?,25-/m0/s1. The van der Waals surface area contributed by atoms with Crippen LogP contribution in [0.25, 0.3) is 11.1 Å². The Morgan fingerprint density at radius 3 is 2.70 bits per heavy atom. The first-order valence-electron chi connectivity index (χ1n) is 13.6. The number of carbonyl (C=O) groups is 3. The molecule has 2 atom stereocenters. The van der Waals surface area contributed by atoms with Gasteiger partial charge in [-0.15, -0.1) is 0 Å². The lowest BCUT2D eigenvalue weighted by Crippen LogP contribution is -2.36. The Balaban J connectivity index is 1.15. The highest BCUT2D eigenvalue weighted by atomic mass is 16.5. The second kappa shape index (κ2) is 12.3. The van der Waals surface area contributed by atoms with Gasteiger partial charge in [0.15, 0.2) is 5.82 Å². The number of methoxy groups -OCH3 is 1. The molecule has 10 nitrogen and oxygen atoms in total. The van der Waals surface area contributed by atoms with Crippen LogP contribution in [0.3, 0.4) is 0 Å². The molecule has 2 fully saturated rings. The fourth-order valence-electron chi connectivity index (χ4n) is 4.93. The molecule has 1 unspecified atom stereocenters. The molecule has 2 aromatic heterocycles. The number of benzene rings is 1. The minimum atomic E-state index is -0.372. The lowest BCUT2D eigenvalue weighted by molar-refractivity contribution is -0.145. The highest BCUT2D eigenvalue weighted by Gasteiger charge is 2.30. The summed E-state index contributed by atoms with van der Waals surface area (Å²) < 4.78 is 4.86. The molecule has 5 rings (SSSR count). The largest absolute Gasteiger partial charge is 0.468 e. The van der Waals surface area contributed by atoms with E-state index >= 15 is 0 Å². The molecule has 3 N–H and O–H groups in total. The van der Waals surface area contributed by atoms with Gasteiger partial charge < -0.3 is 15.4 Å². The number of likely N-dealkylation sites (tertiary alicyclic amines) is 1. The maximum Gasteiger partial charge on any atom is 0.323 e. The zero-order valence-corrected chi connectivity index (χ0v) is 22.7. The predicted molar refractivity (Wildman–Crippen MR) is 152 cm³/mol. The van der Waals surface area contributed by atoms with Gasteiger partial charge in [-0.3, -0.25) is 24.4 Å². The molecule has 0 spiro atoms. The number of amides is 2. The van der Waals surface area contributed by atoms with Crippen LogP contribution in [-0.4, -0.2) is 64.1 Å². The number of aromatic nitrogens is 3. The fraction of sp³-hybridized carbons (Fsp3) is 0.367. The summed E-state index contributed by atoms with van der Waals surface area (Å²) in [4.78, 5) is 43.5. The lowest BCUT2D eigenvalue weighted by atomic mass is 9.96. The summed E-state index contributed by atoms with van der Waals surface area (Å²) in [5, 5.41) is 12.9. The number of nitrogens with one attached hydrogen (secondary N) is 3. The zero-order valence-electron chi connectivity index (χ0n) is 22.7. The SMILES string of the molecule is COC(=O)[C@@H]1CCCN1C/C=C/C(=O)Nc1ccc(-c2cccc(C(C)C(=O)Nc3cc(C4CC4)[nH]n3)c2)cn1. The molecule has 1 saturated carbocycles. The molecule has 1 aliphatic heterocycles. The van der Waals surface area contributed by atoms with Crippen LogP contribution in [0.15, 0.2) is 60.8 Å². The Bertz CT molecular complexity index is 1400. The number of pyridine rings is 1. The van der Waals surface area contributed by atoms with Crippen molar-refractivity contribution in [1.29, 1.82) is 0 Å². The molecule has 0 radical (unpaired) electrons. The quantitative estimate of drug-likeness (QED) is 0.258. The molecule has 1 aliphatic carbocycles. The van der Waals surface area contributed by atoms with E-state index < -0.39 is 0 Å². The Morgan fingerprint density at radius 2 is 1.95 bits per heavy atom. The maximum atomic E-state index is 12.9.